The highest BCUT2D eigenvalue weighted by Crippen LogP contribution is 2.26. The van der Waals surface area contributed by atoms with Crippen LogP contribution in [-0.4, -0.2) is 27.6 Å². The summed E-state index contributed by atoms with van der Waals surface area (Å²) in [4.78, 5) is 22.8. The Morgan fingerprint density at radius 3 is 2.29 bits per heavy atom. The average Bonchev–Trinajstić information content (AvgIpc) is 2.14. The van der Waals surface area contributed by atoms with Gasteiger partial charge in [0, 0.05) is 11.1 Å². The summed E-state index contributed by atoms with van der Waals surface area (Å²) < 4.78 is 0. The van der Waals surface area contributed by atoms with Crippen molar-refractivity contribution >= 4 is 11.6 Å². The Bertz CT molecular complexity index is 420. The molecule has 0 radical (unpaired) electrons. The van der Waals surface area contributed by atoms with E-state index in [0.29, 0.717) is 0 Å². The predicted molar refractivity (Wildman–Crippen MR) is 46.9 cm³/mol. The molecule has 2 rings (SSSR count). The second-order valence-electron chi connectivity index (χ2n) is 3.29. The monoisotopic (exact) mass is 192 g/mol. The van der Waals surface area contributed by atoms with Crippen LogP contribution in [0.25, 0.3) is 0 Å². The normalized spacial score (nSPS) is 19.3. The predicted octanol–water partition coefficient (Wildman–Crippen LogP) is 0.137. The number of hydrogen-bond donors (Lipinski definition) is 2. The zero-order valence-corrected chi connectivity index (χ0v) is 7.23. The van der Waals surface area contributed by atoms with Crippen molar-refractivity contribution in [3.8, 4) is 0 Å². The molecule has 0 saturated carbocycles. The Hall–Kier alpha value is -1.52. The lowest BCUT2D eigenvalue weighted by Crippen LogP contribution is -2.44. The van der Waals surface area contributed by atoms with Gasteiger partial charge in [0.25, 0.3) is 0 Å². The molecule has 4 nitrogen and oxygen atoms in total. The van der Waals surface area contributed by atoms with Crippen LogP contribution < -0.4 is 0 Å². The number of ketones is 2. The third kappa shape index (κ3) is 1.16. The van der Waals surface area contributed by atoms with Crippen molar-refractivity contribution in [2.24, 2.45) is 0 Å². The summed E-state index contributed by atoms with van der Waals surface area (Å²) in [5.41, 5.74) is 0.338. The van der Waals surface area contributed by atoms with E-state index < -0.39 is 23.8 Å². The summed E-state index contributed by atoms with van der Waals surface area (Å²) in [7, 11) is 0. The van der Waals surface area contributed by atoms with Gasteiger partial charge in [-0.15, -0.1) is 0 Å². The lowest BCUT2D eigenvalue weighted by Gasteiger charge is -2.25. The fraction of sp³-hybridized carbons (Fsp3) is 0.200. The van der Waals surface area contributed by atoms with Crippen LogP contribution in [-0.2, 0) is 0 Å². The second-order valence-corrected chi connectivity index (χ2v) is 3.29. The van der Waals surface area contributed by atoms with Crippen LogP contribution in [0.5, 0.6) is 0 Å². The molecule has 14 heavy (non-hydrogen) atoms. The van der Waals surface area contributed by atoms with Crippen LogP contribution in [0.15, 0.2) is 24.3 Å². The SMILES string of the molecule is O=C1CC(O)(O)C(=O)c2ccccc21. The summed E-state index contributed by atoms with van der Waals surface area (Å²) in [6, 6.07) is 6.12. The number of fused-ring (bicyclic) bond motifs is 1. The second kappa shape index (κ2) is 2.73. The molecule has 72 valence electrons. The van der Waals surface area contributed by atoms with Gasteiger partial charge in [0.1, 0.15) is 0 Å². The molecule has 0 saturated heterocycles. The van der Waals surface area contributed by atoms with Crippen molar-refractivity contribution in [3.63, 3.8) is 0 Å². The van der Waals surface area contributed by atoms with Gasteiger partial charge in [0.2, 0.25) is 11.6 Å². The Balaban J connectivity index is 2.63. The fourth-order valence-electron chi connectivity index (χ4n) is 1.54. The van der Waals surface area contributed by atoms with Crippen molar-refractivity contribution in [3.05, 3.63) is 35.4 Å². The van der Waals surface area contributed by atoms with E-state index in [9.17, 15) is 19.8 Å². The van der Waals surface area contributed by atoms with E-state index in [0.717, 1.165) is 0 Å². The van der Waals surface area contributed by atoms with Gasteiger partial charge in [-0.2, -0.15) is 0 Å². The van der Waals surface area contributed by atoms with E-state index in [4.69, 9.17) is 0 Å². The highest BCUT2D eigenvalue weighted by atomic mass is 16.5. The third-order valence-corrected chi connectivity index (χ3v) is 2.24. The Morgan fingerprint density at radius 2 is 1.64 bits per heavy atom. The molecule has 0 bridgehead atoms. The maximum absolute atomic E-state index is 11.4. The van der Waals surface area contributed by atoms with Gasteiger partial charge in [-0.05, 0) is 0 Å². The van der Waals surface area contributed by atoms with Gasteiger partial charge in [-0.3, -0.25) is 9.59 Å². The van der Waals surface area contributed by atoms with E-state index in [1.165, 1.54) is 12.1 Å². The van der Waals surface area contributed by atoms with E-state index in [-0.39, 0.29) is 11.1 Å². The smallest absolute Gasteiger partial charge is 0.236 e. The van der Waals surface area contributed by atoms with Gasteiger partial charge in [0.15, 0.2) is 5.78 Å². The van der Waals surface area contributed by atoms with E-state index in [1.807, 2.05) is 0 Å². The Morgan fingerprint density at radius 1 is 1.07 bits per heavy atom. The first-order valence-corrected chi connectivity index (χ1v) is 4.14. The molecule has 1 aliphatic rings. The van der Waals surface area contributed by atoms with Gasteiger partial charge in [-0.1, -0.05) is 24.3 Å². The standard InChI is InChI=1S/C10H8O4/c11-8-5-10(13,14)9(12)7-4-2-1-3-6(7)8/h1-4,13-14H,5H2. The number of carbonyl (C=O) groups is 2. The fourth-order valence-corrected chi connectivity index (χ4v) is 1.54. The molecule has 1 aromatic rings. The minimum atomic E-state index is -2.54. The minimum absolute atomic E-state index is 0.0775. The molecule has 0 unspecified atom stereocenters. The van der Waals surface area contributed by atoms with Crippen molar-refractivity contribution in [1.82, 2.24) is 0 Å². The summed E-state index contributed by atoms with van der Waals surface area (Å²) in [6.45, 7) is 0. The van der Waals surface area contributed by atoms with E-state index in [1.54, 1.807) is 12.1 Å². The van der Waals surface area contributed by atoms with Gasteiger partial charge >= 0.3 is 0 Å². The van der Waals surface area contributed by atoms with E-state index in [2.05, 4.69) is 0 Å². The van der Waals surface area contributed by atoms with Crippen LogP contribution in [0.4, 0.5) is 0 Å². The number of aliphatic hydroxyl groups is 2. The van der Waals surface area contributed by atoms with Crippen LogP contribution in [0, 0.1) is 0 Å². The molecule has 0 fully saturated rings. The molecule has 0 aromatic heterocycles. The first-order chi connectivity index (χ1) is 6.52. The molecule has 1 aliphatic carbocycles. The largest absolute Gasteiger partial charge is 0.359 e. The van der Waals surface area contributed by atoms with Crippen LogP contribution >= 0.6 is 0 Å². The maximum atomic E-state index is 11.4. The number of Topliss-reactive ketones (excluding diaryl/α,β-unsaturated/α-hetero) is 2. The van der Waals surface area contributed by atoms with Crippen molar-refractivity contribution in [2.75, 3.05) is 0 Å². The minimum Gasteiger partial charge on any atom is -0.359 e. The first-order valence-electron chi connectivity index (χ1n) is 4.14. The van der Waals surface area contributed by atoms with Crippen LogP contribution in [0.2, 0.25) is 0 Å². The molecular weight excluding hydrogens is 184 g/mol. The van der Waals surface area contributed by atoms with Crippen molar-refractivity contribution < 1.29 is 19.8 Å². The summed E-state index contributed by atoms with van der Waals surface area (Å²) in [5.74, 6) is -3.77. The number of hydrogen-bond acceptors (Lipinski definition) is 4. The number of benzene rings is 1. The number of rotatable bonds is 0. The van der Waals surface area contributed by atoms with Crippen molar-refractivity contribution in [2.45, 2.75) is 12.2 Å². The molecule has 0 spiro atoms. The van der Waals surface area contributed by atoms with Gasteiger partial charge in [-0.25, -0.2) is 0 Å². The van der Waals surface area contributed by atoms with Gasteiger partial charge < -0.3 is 10.2 Å². The molecule has 0 amide bonds. The molecule has 0 aliphatic heterocycles. The van der Waals surface area contributed by atoms with Crippen LogP contribution in [0.1, 0.15) is 27.1 Å². The maximum Gasteiger partial charge on any atom is 0.236 e. The molecule has 0 heterocycles. The zero-order valence-electron chi connectivity index (χ0n) is 7.23. The summed E-state index contributed by atoms with van der Waals surface area (Å²) in [6.07, 6.45) is -0.567. The number of carbonyl (C=O) groups excluding carboxylic acids is 2. The molecular formula is C10H8O4. The molecule has 1 aromatic carbocycles. The topological polar surface area (TPSA) is 74.6 Å². The zero-order chi connectivity index (χ0) is 10.3. The van der Waals surface area contributed by atoms with Crippen molar-refractivity contribution in [1.29, 1.82) is 0 Å². The molecule has 0 atom stereocenters. The Kier molecular flexibility index (Phi) is 1.77. The highest BCUT2D eigenvalue weighted by Gasteiger charge is 2.42. The lowest BCUT2D eigenvalue weighted by molar-refractivity contribution is -0.120. The van der Waals surface area contributed by atoms with E-state index >= 15 is 0 Å². The third-order valence-electron chi connectivity index (χ3n) is 2.24. The van der Waals surface area contributed by atoms with Gasteiger partial charge in [0.05, 0.1) is 6.42 Å². The van der Waals surface area contributed by atoms with Crippen LogP contribution in [0.3, 0.4) is 0 Å². The summed E-state index contributed by atoms with van der Waals surface area (Å²) in [5, 5.41) is 18.5. The Labute approximate surface area is 79.8 Å². The highest BCUT2D eigenvalue weighted by molar-refractivity contribution is 6.16. The average molecular weight is 192 g/mol. The summed E-state index contributed by atoms with van der Waals surface area (Å²) >= 11 is 0. The first kappa shape index (κ1) is 9.05. The lowest BCUT2D eigenvalue weighted by atomic mass is 9.85. The quantitative estimate of drug-likeness (QED) is 0.573. The molecule has 2 N–H and O–H groups in total. The molecule has 4 heteroatoms.